The Morgan fingerprint density at radius 1 is 1.13 bits per heavy atom. The second-order valence-electron chi connectivity index (χ2n) is 7.64. The molecule has 0 bridgehead atoms. The number of hydrogen-bond acceptors (Lipinski definition) is 5. The van der Waals surface area contributed by atoms with Crippen LogP contribution in [0.3, 0.4) is 0 Å². The molecule has 2 N–H and O–H groups in total. The molecule has 1 aromatic heterocycles. The number of hydrogen-bond donors (Lipinski definition) is 2. The lowest BCUT2D eigenvalue weighted by atomic mass is 10.1. The maximum atomic E-state index is 12.4. The van der Waals surface area contributed by atoms with Crippen LogP contribution in [0.1, 0.15) is 24.0 Å². The summed E-state index contributed by atoms with van der Waals surface area (Å²) >= 11 is 0. The van der Waals surface area contributed by atoms with Crippen LogP contribution in [0.25, 0.3) is 11.3 Å². The van der Waals surface area contributed by atoms with Crippen molar-refractivity contribution in [1.29, 1.82) is 0 Å². The number of ether oxygens (including phenoxy) is 2. The molecule has 162 valence electrons. The number of benzene rings is 2. The summed E-state index contributed by atoms with van der Waals surface area (Å²) < 4.78 is 11.3. The summed E-state index contributed by atoms with van der Waals surface area (Å²) in [4.78, 5) is 19.5. The maximum Gasteiger partial charge on any atom is 0.250 e. The predicted octanol–water partition coefficient (Wildman–Crippen LogP) is 3.64. The SMILES string of the molecule is O=C(Cc1ccc(CCOc2ccccc2-c2cnc[nH]2)cc1)N(O)C1CCOCC1. The van der Waals surface area contributed by atoms with Crippen LogP contribution in [0.5, 0.6) is 5.75 Å². The van der Waals surface area contributed by atoms with Crippen molar-refractivity contribution in [2.45, 2.75) is 31.7 Å². The lowest BCUT2D eigenvalue weighted by Crippen LogP contribution is -2.41. The van der Waals surface area contributed by atoms with E-state index in [4.69, 9.17) is 9.47 Å². The molecule has 1 saturated heterocycles. The molecule has 7 heteroatoms. The Balaban J connectivity index is 1.28. The van der Waals surface area contributed by atoms with Gasteiger partial charge in [-0.05, 0) is 36.1 Å². The zero-order chi connectivity index (χ0) is 21.5. The Morgan fingerprint density at radius 3 is 2.61 bits per heavy atom. The molecular weight excluding hydrogens is 394 g/mol. The summed E-state index contributed by atoms with van der Waals surface area (Å²) in [5, 5.41) is 11.1. The van der Waals surface area contributed by atoms with E-state index in [-0.39, 0.29) is 18.4 Å². The van der Waals surface area contributed by atoms with Gasteiger partial charge in [0.25, 0.3) is 5.91 Å². The zero-order valence-corrected chi connectivity index (χ0v) is 17.4. The highest BCUT2D eigenvalue weighted by molar-refractivity contribution is 5.78. The van der Waals surface area contributed by atoms with Crippen molar-refractivity contribution in [2.75, 3.05) is 19.8 Å². The first-order valence-corrected chi connectivity index (χ1v) is 10.6. The molecule has 3 aromatic rings. The molecule has 1 aliphatic rings. The van der Waals surface area contributed by atoms with Gasteiger partial charge in [-0.3, -0.25) is 10.0 Å². The van der Waals surface area contributed by atoms with Crippen molar-refractivity contribution < 1.29 is 19.5 Å². The highest BCUT2D eigenvalue weighted by Crippen LogP contribution is 2.28. The van der Waals surface area contributed by atoms with E-state index in [1.807, 2.05) is 48.5 Å². The Kier molecular flexibility index (Phi) is 6.96. The van der Waals surface area contributed by atoms with Crippen LogP contribution >= 0.6 is 0 Å². The lowest BCUT2D eigenvalue weighted by molar-refractivity contribution is -0.181. The number of amides is 1. The molecule has 0 saturated carbocycles. The molecule has 1 amide bonds. The van der Waals surface area contributed by atoms with E-state index in [1.54, 1.807) is 12.5 Å². The fraction of sp³-hybridized carbons (Fsp3) is 0.333. The van der Waals surface area contributed by atoms with Crippen LogP contribution < -0.4 is 4.74 Å². The second-order valence-corrected chi connectivity index (χ2v) is 7.64. The van der Waals surface area contributed by atoms with E-state index in [0.29, 0.717) is 32.7 Å². The average Bonchev–Trinajstić information content (AvgIpc) is 3.35. The number of carbonyl (C=O) groups excluding carboxylic acids is 1. The minimum Gasteiger partial charge on any atom is -0.493 e. The van der Waals surface area contributed by atoms with E-state index in [0.717, 1.165) is 39.6 Å². The Morgan fingerprint density at radius 2 is 1.87 bits per heavy atom. The van der Waals surface area contributed by atoms with Gasteiger partial charge in [0.1, 0.15) is 5.75 Å². The third-order valence-corrected chi connectivity index (χ3v) is 5.49. The third-order valence-electron chi connectivity index (χ3n) is 5.49. The third kappa shape index (κ3) is 5.51. The number of para-hydroxylation sites is 1. The number of aromatic nitrogens is 2. The van der Waals surface area contributed by atoms with Crippen molar-refractivity contribution in [1.82, 2.24) is 15.0 Å². The zero-order valence-electron chi connectivity index (χ0n) is 17.4. The van der Waals surface area contributed by atoms with Crippen LogP contribution in [-0.4, -0.2) is 52.0 Å². The van der Waals surface area contributed by atoms with E-state index in [1.165, 1.54) is 0 Å². The standard InChI is InChI=1S/C24H27N3O4/c28-24(27(29)20-10-12-30-13-11-20)15-19-7-5-18(6-8-19)9-14-31-23-4-2-1-3-21(23)22-16-25-17-26-22/h1-8,16-17,20,29H,9-15H2,(H,25,26). The molecule has 7 nitrogen and oxygen atoms in total. The molecule has 1 fully saturated rings. The molecule has 0 aliphatic carbocycles. The smallest absolute Gasteiger partial charge is 0.250 e. The van der Waals surface area contributed by atoms with Gasteiger partial charge in [0.2, 0.25) is 0 Å². The number of H-pyrrole nitrogens is 1. The summed E-state index contributed by atoms with van der Waals surface area (Å²) in [5.41, 5.74) is 3.90. The fourth-order valence-corrected chi connectivity index (χ4v) is 3.71. The molecule has 0 spiro atoms. The Bertz CT molecular complexity index is 967. The Hall–Kier alpha value is -3.16. The van der Waals surface area contributed by atoms with Gasteiger partial charge in [0.15, 0.2) is 0 Å². The summed E-state index contributed by atoms with van der Waals surface area (Å²) in [6.07, 6.45) is 5.70. The summed E-state index contributed by atoms with van der Waals surface area (Å²) in [5.74, 6) is 0.531. The van der Waals surface area contributed by atoms with E-state index >= 15 is 0 Å². The average molecular weight is 421 g/mol. The number of carbonyl (C=O) groups is 1. The highest BCUT2D eigenvalue weighted by atomic mass is 16.5. The summed E-state index contributed by atoms with van der Waals surface area (Å²) in [7, 11) is 0. The van der Waals surface area contributed by atoms with Gasteiger partial charge in [-0.15, -0.1) is 0 Å². The normalized spacial score (nSPS) is 14.4. The molecule has 0 radical (unpaired) electrons. The monoisotopic (exact) mass is 421 g/mol. The largest absolute Gasteiger partial charge is 0.493 e. The quantitative estimate of drug-likeness (QED) is 0.428. The van der Waals surface area contributed by atoms with E-state index < -0.39 is 0 Å². The number of aromatic amines is 1. The van der Waals surface area contributed by atoms with Crippen molar-refractivity contribution in [3.63, 3.8) is 0 Å². The molecule has 4 rings (SSSR count). The van der Waals surface area contributed by atoms with Crippen LogP contribution in [0, 0.1) is 0 Å². The highest BCUT2D eigenvalue weighted by Gasteiger charge is 2.24. The van der Waals surface area contributed by atoms with Crippen LogP contribution in [0.15, 0.2) is 61.1 Å². The lowest BCUT2D eigenvalue weighted by Gasteiger charge is -2.29. The van der Waals surface area contributed by atoms with Gasteiger partial charge in [-0.25, -0.2) is 10.0 Å². The maximum absolute atomic E-state index is 12.4. The molecule has 31 heavy (non-hydrogen) atoms. The number of imidazole rings is 1. The van der Waals surface area contributed by atoms with Gasteiger partial charge in [0, 0.05) is 25.2 Å². The predicted molar refractivity (Wildman–Crippen MR) is 116 cm³/mol. The van der Waals surface area contributed by atoms with Gasteiger partial charge in [-0.1, -0.05) is 36.4 Å². The van der Waals surface area contributed by atoms with Crippen molar-refractivity contribution in [3.8, 4) is 17.0 Å². The van der Waals surface area contributed by atoms with Gasteiger partial charge in [0.05, 0.1) is 37.3 Å². The first-order valence-electron chi connectivity index (χ1n) is 10.6. The van der Waals surface area contributed by atoms with Crippen LogP contribution in [-0.2, 0) is 22.4 Å². The van der Waals surface area contributed by atoms with Gasteiger partial charge < -0.3 is 14.5 Å². The minimum atomic E-state index is -0.279. The number of hydroxylamine groups is 2. The minimum absolute atomic E-state index is 0.151. The molecule has 0 atom stereocenters. The van der Waals surface area contributed by atoms with Crippen molar-refractivity contribution >= 4 is 5.91 Å². The van der Waals surface area contributed by atoms with E-state index in [9.17, 15) is 10.0 Å². The molecule has 1 aliphatic heterocycles. The molecule has 2 heterocycles. The number of nitrogens with zero attached hydrogens (tertiary/aromatic N) is 2. The van der Waals surface area contributed by atoms with Crippen LogP contribution in [0.4, 0.5) is 0 Å². The van der Waals surface area contributed by atoms with E-state index in [2.05, 4.69) is 9.97 Å². The van der Waals surface area contributed by atoms with Crippen molar-refractivity contribution in [3.05, 3.63) is 72.2 Å². The van der Waals surface area contributed by atoms with Gasteiger partial charge in [-0.2, -0.15) is 0 Å². The molecular formula is C24H27N3O4. The summed E-state index contributed by atoms with van der Waals surface area (Å²) in [6, 6.07) is 15.6. The number of nitrogens with one attached hydrogen (secondary N) is 1. The molecule has 2 aromatic carbocycles. The topological polar surface area (TPSA) is 87.7 Å². The second kappa shape index (κ2) is 10.2. The van der Waals surface area contributed by atoms with Crippen molar-refractivity contribution in [2.24, 2.45) is 0 Å². The van der Waals surface area contributed by atoms with Crippen LogP contribution in [0.2, 0.25) is 0 Å². The van der Waals surface area contributed by atoms with Gasteiger partial charge >= 0.3 is 0 Å². The first kappa shape index (κ1) is 21.1. The Labute approximate surface area is 181 Å². The first-order chi connectivity index (χ1) is 15.2. The number of rotatable bonds is 8. The molecule has 0 unspecified atom stereocenters. The summed E-state index contributed by atoms with van der Waals surface area (Å²) in [6.45, 7) is 1.70. The fourth-order valence-electron chi connectivity index (χ4n) is 3.71.